The SMILES string of the molecule is N[C@@H]1C[C@H](N)[C@@H](OCc2ccc(CCc3ccc(CO)cc3)cc2)[C@H](O)[C@H]1O. The van der Waals surface area contributed by atoms with Gasteiger partial charge in [0.25, 0.3) is 0 Å². The van der Waals surface area contributed by atoms with Gasteiger partial charge in [0, 0.05) is 12.1 Å². The van der Waals surface area contributed by atoms with Gasteiger partial charge in [-0.15, -0.1) is 0 Å². The van der Waals surface area contributed by atoms with Crippen LogP contribution in [0.4, 0.5) is 0 Å². The molecule has 1 saturated carbocycles. The van der Waals surface area contributed by atoms with E-state index in [0.29, 0.717) is 13.0 Å². The zero-order chi connectivity index (χ0) is 20.1. The molecule has 6 heteroatoms. The Morgan fingerprint density at radius 1 is 0.750 bits per heavy atom. The van der Waals surface area contributed by atoms with Crippen molar-refractivity contribution in [2.45, 2.75) is 62.9 Å². The quantitative estimate of drug-likeness (QED) is 0.476. The maximum Gasteiger partial charge on any atom is 0.109 e. The van der Waals surface area contributed by atoms with Crippen molar-refractivity contribution in [2.75, 3.05) is 0 Å². The number of rotatable bonds is 7. The van der Waals surface area contributed by atoms with E-state index < -0.39 is 30.4 Å². The number of aliphatic hydroxyl groups is 3. The Labute approximate surface area is 165 Å². The van der Waals surface area contributed by atoms with Crippen LogP contribution >= 0.6 is 0 Å². The second kappa shape index (κ2) is 9.60. The van der Waals surface area contributed by atoms with E-state index in [4.69, 9.17) is 21.3 Å². The molecule has 28 heavy (non-hydrogen) atoms. The van der Waals surface area contributed by atoms with Crippen LogP contribution in [0.3, 0.4) is 0 Å². The highest BCUT2D eigenvalue weighted by molar-refractivity contribution is 5.26. The third-order valence-corrected chi connectivity index (χ3v) is 5.46. The van der Waals surface area contributed by atoms with Crippen molar-refractivity contribution in [2.24, 2.45) is 11.5 Å². The van der Waals surface area contributed by atoms with Gasteiger partial charge in [-0.3, -0.25) is 0 Å². The third-order valence-electron chi connectivity index (χ3n) is 5.46. The smallest absolute Gasteiger partial charge is 0.109 e. The van der Waals surface area contributed by atoms with E-state index in [9.17, 15) is 10.2 Å². The zero-order valence-corrected chi connectivity index (χ0v) is 15.9. The molecule has 0 bridgehead atoms. The van der Waals surface area contributed by atoms with Crippen molar-refractivity contribution in [1.82, 2.24) is 0 Å². The fourth-order valence-corrected chi connectivity index (χ4v) is 3.61. The maximum absolute atomic E-state index is 10.2. The summed E-state index contributed by atoms with van der Waals surface area (Å²) in [5.74, 6) is 0. The van der Waals surface area contributed by atoms with E-state index in [1.54, 1.807) is 0 Å². The van der Waals surface area contributed by atoms with Crippen LogP contribution in [0.1, 0.15) is 28.7 Å². The van der Waals surface area contributed by atoms with Crippen molar-refractivity contribution < 1.29 is 20.1 Å². The molecule has 0 amide bonds. The number of aliphatic hydroxyl groups excluding tert-OH is 3. The summed E-state index contributed by atoms with van der Waals surface area (Å²) in [7, 11) is 0. The lowest BCUT2D eigenvalue weighted by atomic mass is 9.85. The molecular formula is C22H30N2O4. The van der Waals surface area contributed by atoms with Gasteiger partial charge in [-0.25, -0.2) is 0 Å². The summed E-state index contributed by atoms with van der Waals surface area (Å²) >= 11 is 0. The number of hydrogen-bond donors (Lipinski definition) is 5. The first-order valence-corrected chi connectivity index (χ1v) is 9.73. The lowest BCUT2D eigenvalue weighted by molar-refractivity contribution is -0.131. The highest BCUT2D eigenvalue weighted by Crippen LogP contribution is 2.22. The van der Waals surface area contributed by atoms with Crippen LogP contribution in [0.15, 0.2) is 48.5 Å². The molecule has 1 aliphatic carbocycles. The average Bonchev–Trinajstić information content (AvgIpc) is 2.71. The summed E-state index contributed by atoms with van der Waals surface area (Å²) in [6, 6.07) is 15.2. The lowest BCUT2D eigenvalue weighted by Crippen LogP contribution is -2.61. The van der Waals surface area contributed by atoms with Crippen molar-refractivity contribution in [3.05, 3.63) is 70.8 Å². The molecule has 7 N–H and O–H groups in total. The lowest BCUT2D eigenvalue weighted by Gasteiger charge is -2.39. The van der Waals surface area contributed by atoms with Crippen LogP contribution in [0, 0.1) is 0 Å². The van der Waals surface area contributed by atoms with Crippen LogP contribution in [0.5, 0.6) is 0 Å². The molecule has 2 aromatic carbocycles. The number of ether oxygens (including phenoxy) is 1. The van der Waals surface area contributed by atoms with Crippen molar-refractivity contribution in [1.29, 1.82) is 0 Å². The molecule has 0 radical (unpaired) electrons. The number of nitrogens with two attached hydrogens (primary N) is 2. The monoisotopic (exact) mass is 386 g/mol. The Morgan fingerprint density at radius 2 is 1.25 bits per heavy atom. The second-order valence-electron chi connectivity index (χ2n) is 7.61. The van der Waals surface area contributed by atoms with Gasteiger partial charge in [0.2, 0.25) is 0 Å². The molecule has 0 heterocycles. The van der Waals surface area contributed by atoms with E-state index in [-0.39, 0.29) is 6.61 Å². The van der Waals surface area contributed by atoms with Gasteiger partial charge in [0.15, 0.2) is 0 Å². The van der Waals surface area contributed by atoms with Gasteiger partial charge < -0.3 is 31.5 Å². The van der Waals surface area contributed by atoms with Crippen LogP contribution < -0.4 is 11.5 Å². The molecule has 2 aromatic rings. The van der Waals surface area contributed by atoms with Gasteiger partial charge in [-0.2, -0.15) is 0 Å². The normalized spacial score (nSPS) is 27.7. The summed E-state index contributed by atoms with van der Waals surface area (Å²) in [4.78, 5) is 0. The number of aryl methyl sites for hydroxylation is 2. The molecule has 0 aromatic heterocycles. The minimum Gasteiger partial charge on any atom is -0.392 e. The van der Waals surface area contributed by atoms with Gasteiger partial charge >= 0.3 is 0 Å². The first kappa shape index (κ1) is 20.9. The summed E-state index contributed by atoms with van der Waals surface area (Å²) in [6.07, 6.45) is -0.440. The third kappa shape index (κ3) is 5.17. The zero-order valence-electron chi connectivity index (χ0n) is 15.9. The Morgan fingerprint density at radius 3 is 1.79 bits per heavy atom. The Bertz CT molecular complexity index is 735. The van der Waals surface area contributed by atoms with E-state index in [1.165, 1.54) is 11.1 Å². The topological polar surface area (TPSA) is 122 Å². The number of hydrogen-bond acceptors (Lipinski definition) is 6. The molecule has 0 spiro atoms. The van der Waals surface area contributed by atoms with Gasteiger partial charge in [-0.05, 0) is 41.5 Å². The minimum absolute atomic E-state index is 0.0678. The summed E-state index contributed by atoms with van der Waals surface area (Å²) in [6.45, 7) is 0.388. The van der Waals surface area contributed by atoms with Gasteiger partial charge in [-0.1, -0.05) is 48.5 Å². The fourth-order valence-electron chi connectivity index (χ4n) is 3.61. The Balaban J connectivity index is 1.50. The largest absolute Gasteiger partial charge is 0.392 e. The maximum atomic E-state index is 10.2. The summed E-state index contributed by atoms with van der Waals surface area (Å²) in [5.41, 5.74) is 16.2. The predicted octanol–water partition coefficient (Wildman–Crippen LogP) is 0.629. The van der Waals surface area contributed by atoms with Crippen LogP contribution in [0.2, 0.25) is 0 Å². The second-order valence-corrected chi connectivity index (χ2v) is 7.61. The highest BCUT2D eigenvalue weighted by Gasteiger charge is 2.41. The van der Waals surface area contributed by atoms with Crippen molar-refractivity contribution in [3.8, 4) is 0 Å². The average molecular weight is 386 g/mol. The minimum atomic E-state index is -1.07. The van der Waals surface area contributed by atoms with E-state index in [2.05, 4.69) is 12.1 Å². The van der Waals surface area contributed by atoms with Crippen LogP contribution in [0.25, 0.3) is 0 Å². The molecule has 6 nitrogen and oxygen atoms in total. The predicted molar refractivity (Wildman–Crippen MR) is 107 cm³/mol. The number of benzene rings is 2. The Kier molecular flexibility index (Phi) is 7.18. The molecule has 5 atom stereocenters. The molecule has 0 saturated heterocycles. The standard InChI is InChI=1S/C22H30N2O4/c23-18-11-19(24)22(21(27)20(18)26)28-13-17-9-5-15(6-10-17)2-1-14-3-7-16(12-25)8-4-14/h3-10,18-22,25-27H,1-2,11-13,23-24H2/t18-,19+,20+,21-,22-/m1/s1. The Hall–Kier alpha value is -1.80. The van der Waals surface area contributed by atoms with E-state index >= 15 is 0 Å². The molecule has 152 valence electrons. The summed E-state index contributed by atoms with van der Waals surface area (Å²) < 4.78 is 5.79. The fraction of sp³-hybridized carbons (Fsp3) is 0.455. The van der Waals surface area contributed by atoms with Gasteiger partial charge in [0.05, 0.1) is 19.3 Å². The molecule has 1 fully saturated rings. The van der Waals surface area contributed by atoms with Crippen LogP contribution in [-0.4, -0.2) is 45.7 Å². The molecule has 1 aliphatic rings. The van der Waals surface area contributed by atoms with E-state index in [1.807, 2.05) is 36.4 Å². The molecule has 0 aliphatic heterocycles. The van der Waals surface area contributed by atoms with E-state index in [0.717, 1.165) is 24.0 Å². The molecule has 0 unspecified atom stereocenters. The van der Waals surface area contributed by atoms with Crippen molar-refractivity contribution >= 4 is 0 Å². The van der Waals surface area contributed by atoms with Crippen molar-refractivity contribution in [3.63, 3.8) is 0 Å². The van der Waals surface area contributed by atoms with Crippen LogP contribution in [-0.2, 0) is 30.8 Å². The van der Waals surface area contributed by atoms with Gasteiger partial charge in [0.1, 0.15) is 12.2 Å². The summed E-state index contributed by atoms with van der Waals surface area (Å²) in [5, 5.41) is 29.2. The first-order valence-electron chi connectivity index (χ1n) is 9.73. The molecule has 3 rings (SSSR count). The first-order chi connectivity index (χ1) is 13.5. The molecular weight excluding hydrogens is 356 g/mol. The highest BCUT2D eigenvalue weighted by atomic mass is 16.5.